The topological polar surface area (TPSA) is 108 Å². The third kappa shape index (κ3) is 6.37. The van der Waals surface area contributed by atoms with Crippen LogP contribution in [-0.2, 0) is 21.5 Å². The average molecular weight is 616 g/mol. The van der Waals surface area contributed by atoms with Crippen molar-refractivity contribution in [2.75, 3.05) is 38.5 Å². The van der Waals surface area contributed by atoms with Gasteiger partial charge in [-0.1, -0.05) is 26.8 Å². The molecule has 2 aromatic carbocycles. The Morgan fingerprint density at radius 3 is 2.39 bits per heavy atom. The quantitative estimate of drug-likeness (QED) is 0.278. The fourth-order valence-electron chi connectivity index (χ4n) is 5.17. The first-order chi connectivity index (χ1) is 21.1. The molecule has 11 heteroatoms. The molecular formula is C33H37N5O5S. The second-order valence-corrected chi connectivity index (χ2v) is 12.5. The van der Waals surface area contributed by atoms with Gasteiger partial charge < -0.3 is 19.5 Å². The van der Waals surface area contributed by atoms with Crippen molar-refractivity contribution in [2.45, 2.75) is 38.0 Å². The maximum atomic E-state index is 14.0. The molecule has 1 aliphatic heterocycles. The molecular weight excluding hydrogens is 578 g/mol. The van der Waals surface area contributed by atoms with Gasteiger partial charge in [0.2, 0.25) is 11.8 Å². The number of aromatic nitrogens is 3. The summed E-state index contributed by atoms with van der Waals surface area (Å²) in [7, 11) is 4.86. The van der Waals surface area contributed by atoms with E-state index in [1.165, 1.54) is 11.8 Å². The molecule has 0 bridgehead atoms. The van der Waals surface area contributed by atoms with Gasteiger partial charge in [0.15, 0.2) is 0 Å². The first kappa shape index (κ1) is 30.9. The monoisotopic (exact) mass is 615 g/mol. The van der Waals surface area contributed by atoms with Gasteiger partial charge in [0, 0.05) is 35.5 Å². The van der Waals surface area contributed by atoms with Crippen molar-refractivity contribution < 1.29 is 23.8 Å². The van der Waals surface area contributed by atoms with Crippen LogP contribution in [0, 0.1) is 0 Å². The molecule has 2 amide bonds. The normalized spacial score (nSPS) is 14.9. The summed E-state index contributed by atoms with van der Waals surface area (Å²) in [5, 5.41) is 7.75. The molecule has 10 nitrogen and oxygen atoms in total. The Bertz CT molecular complexity index is 1630. The first-order valence-electron chi connectivity index (χ1n) is 14.2. The average Bonchev–Trinajstić information content (AvgIpc) is 3.38. The van der Waals surface area contributed by atoms with Crippen LogP contribution < -0.4 is 24.4 Å². The van der Waals surface area contributed by atoms with Crippen molar-refractivity contribution in [3.8, 4) is 22.9 Å². The standard InChI is InChI=1S/C33H37N5O5S/c1-33(2,3)31-29-30(25-16-24(42-5)13-14-26(25)43-6)44-20-28(40)37(19-27(39)35-18-21-8-7-15-34-17-21)32(29)38(36-31)22-9-11-23(41-4)12-10-22/h7-17,30H,18-20H2,1-6H3,(H,35,39)/t30-/m1/s1. The number of carbonyl (C=O) groups is 2. The smallest absolute Gasteiger partial charge is 0.240 e. The Labute approximate surface area is 261 Å². The number of ether oxygens (including phenoxy) is 3. The molecule has 2 aromatic heterocycles. The van der Waals surface area contributed by atoms with Crippen LogP contribution in [0.25, 0.3) is 5.69 Å². The zero-order valence-electron chi connectivity index (χ0n) is 25.8. The molecule has 0 fully saturated rings. The van der Waals surface area contributed by atoms with Gasteiger partial charge in [0.05, 0.1) is 43.7 Å². The minimum absolute atomic E-state index is 0.141. The number of rotatable bonds is 9. The van der Waals surface area contributed by atoms with Crippen molar-refractivity contribution in [2.24, 2.45) is 0 Å². The van der Waals surface area contributed by atoms with E-state index in [-0.39, 0.29) is 29.4 Å². The second kappa shape index (κ2) is 13.0. The van der Waals surface area contributed by atoms with E-state index in [9.17, 15) is 9.59 Å². The van der Waals surface area contributed by atoms with Crippen LogP contribution in [0.15, 0.2) is 67.0 Å². The highest BCUT2D eigenvalue weighted by atomic mass is 32.2. The molecule has 0 radical (unpaired) electrons. The Hall–Kier alpha value is -4.51. The predicted molar refractivity (Wildman–Crippen MR) is 171 cm³/mol. The molecule has 0 saturated carbocycles. The van der Waals surface area contributed by atoms with Crippen molar-refractivity contribution in [3.05, 3.63) is 89.4 Å². The molecule has 1 atom stereocenters. The molecule has 44 heavy (non-hydrogen) atoms. The highest BCUT2D eigenvalue weighted by Crippen LogP contribution is 2.51. The first-order valence-corrected chi connectivity index (χ1v) is 15.3. The van der Waals surface area contributed by atoms with Gasteiger partial charge in [-0.05, 0) is 54.1 Å². The van der Waals surface area contributed by atoms with Crippen LogP contribution >= 0.6 is 11.8 Å². The predicted octanol–water partition coefficient (Wildman–Crippen LogP) is 5.08. The zero-order valence-corrected chi connectivity index (χ0v) is 26.6. The van der Waals surface area contributed by atoms with E-state index in [0.717, 1.165) is 28.1 Å². The molecule has 0 spiro atoms. The third-order valence-corrected chi connectivity index (χ3v) is 8.59. The number of carbonyl (C=O) groups excluding carboxylic acids is 2. The SMILES string of the molecule is COc1ccc(-n2nc(C(C)(C)C)c3c2N(CC(=O)NCc2cccnc2)C(=O)CS[C@@H]3c2cc(OC)ccc2OC)cc1. The van der Waals surface area contributed by atoms with Crippen LogP contribution in [0.3, 0.4) is 0 Å². The van der Waals surface area contributed by atoms with E-state index in [1.54, 1.807) is 43.3 Å². The van der Waals surface area contributed by atoms with Crippen LogP contribution in [0.4, 0.5) is 5.82 Å². The lowest BCUT2D eigenvalue weighted by Gasteiger charge is -2.25. The number of thioether (sulfide) groups is 1. The number of nitrogens with one attached hydrogen (secondary N) is 1. The van der Waals surface area contributed by atoms with E-state index in [0.29, 0.717) is 29.6 Å². The van der Waals surface area contributed by atoms with E-state index in [1.807, 2.05) is 54.6 Å². The number of fused-ring (bicyclic) bond motifs is 1. The van der Waals surface area contributed by atoms with Crippen molar-refractivity contribution >= 4 is 29.4 Å². The van der Waals surface area contributed by atoms with Gasteiger partial charge in [-0.2, -0.15) is 5.10 Å². The number of anilines is 1. The van der Waals surface area contributed by atoms with Gasteiger partial charge >= 0.3 is 0 Å². The van der Waals surface area contributed by atoms with Crippen molar-refractivity contribution in [3.63, 3.8) is 0 Å². The van der Waals surface area contributed by atoms with Gasteiger partial charge in [-0.15, -0.1) is 11.8 Å². The Kier molecular flexibility index (Phi) is 9.14. The second-order valence-electron chi connectivity index (χ2n) is 11.4. The fourth-order valence-corrected chi connectivity index (χ4v) is 6.38. The summed E-state index contributed by atoms with van der Waals surface area (Å²) in [4.78, 5) is 33.1. The molecule has 1 aliphatic rings. The Morgan fingerprint density at radius 2 is 1.75 bits per heavy atom. The molecule has 0 unspecified atom stereocenters. The maximum absolute atomic E-state index is 14.0. The Morgan fingerprint density at radius 1 is 1.02 bits per heavy atom. The zero-order chi connectivity index (χ0) is 31.4. The van der Waals surface area contributed by atoms with E-state index in [4.69, 9.17) is 19.3 Å². The number of pyridine rings is 1. The van der Waals surface area contributed by atoms with Gasteiger partial charge in [-0.25, -0.2) is 4.68 Å². The largest absolute Gasteiger partial charge is 0.497 e. The molecule has 4 aromatic rings. The number of hydrogen-bond acceptors (Lipinski definition) is 8. The van der Waals surface area contributed by atoms with E-state index < -0.39 is 5.41 Å². The summed E-state index contributed by atoms with van der Waals surface area (Å²) in [5.41, 5.74) is 3.69. The van der Waals surface area contributed by atoms with Crippen LogP contribution in [0.2, 0.25) is 0 Å². The van der Waals surface area contributed by atoms with Gasteiger partial charge in [-0.3, -0.25) is 19.5 Å². The van der Waals surface area contributed by atoms with Crippen LogP contribution in [0.5, 0.6) is 17.2 Å². The summed E-state index contributed by atoms with van der Waals surface area (Å²) in [6.45, 7) is 6.40. The van der Waals surface area contributed by atoms with E-state index >= 15 is 0 Å². The summed E-state index contributed by atoms with van der Waals surface area (Å²) < 4.78 is 18.6. The van der Waals surface area contributed by atoms with Gasteiger partial charge in [0.1, 0.15) is 29.6 Å². The molecule has 1 N–H and O–H groups in total. The Balaban J connectivity index is 1.69. The van der Waals surface area contributed by atoms with Crippen LogP contribution in [0.1, 0.15) is 48.4 Å². The highest BCUT2D eigenvalue weighted by Gasteiger charge is 2.41. The van der Waals surface area contributed by atoms with Crippen molar-refractivity contribution in [1.82, 2.24) is 20.1 Å². The molecule has 0 saturated heterocycles. The minimum atomic E-state index is -0.408. The summed E-state index contributed by atoms with van der Waals surface area (Å²) in [6.07, 6.45) is 3.38. The fraction of sp³-hybridized carbons (Fsp3) is 0.333. The third-order valence-electron chi connectivity index (χ3n) is 7.35. The lowest BCUT2D eigenvalue weighted by Crippen LogP contribution is -2.42. The molecule has 230 valence electrons. The summed E-state index contributed by atoms with van der Waals surface area (Å²) >= 11 is 1.48. The van der Waals surface area contributed by atoms with Gasteiger partial charge in [0.25, 0.3) is 0 Å². The summed E-state index contributed by atoms with van der Waals surface area (Å²) in [5.74, 6) is 2.22. The van der Waals surface area contributed by atoms with Crippen LogP contribution in [-0.4, -0.2) is 60.2 Å². The summed E-state index contributed by atoms with van der Waals surface area (Å²) in [6, 6.07) is 16.8. The highest BCUT2D eigenvalue weighted by molar-refractivity contribution is 8.00. The van der Waals surface area contributed by atoms with E-state index in [2.05, 4.69) is 31.1 Å². The lowest BCUT2D eigenvalue weighted by molar-refractivity contribution is -0.123. The molecule has 3 heterocycles. The lowest BCUT2D eigenvalue weighted by atomic mass is 9.87. The number of methoxy groups -OCH3 is 3. The molecule has 5 rings (SSSR count). The number of amides is 2. The maximum Gasteiger partial charge on any atom is 0.240 e. The van der Waals surface area contributed by atoms with Crippen molar-refractivity contribution in [1.29, 1.82) is 0 Å². The number of benzene rings is 2. The number of nitrogens with zero attached hydrogens (tertiary/aromatic N) is 4. The number of hydrogen-bond donors (Lipinski definition) is 1. The molecule has 0 aliphatic carbocycles. The minimum Gasteiger partial charge on any atom is -0.497 e.